The molecular formula is C17H18N4O4. The zero-order chi connectivity index (χ0) is 17.4. The van der Waals surface area contributed by atoms with Crippen molar-refractivity contribution in [2.75, 3.05) is 13.2 Å². The summed E-state index contributed by atoms with van der Waals surface area (Å²) in [5, 5.41) is 19.3. The van der Waals surface area contributed by atoms with Gasteiger partial charge in [-0.05, 0) is 23.3 Å². The van der Waals surface area contributed by atoms with Crippen molar-refractivity contribution >= 4 is 11.9 Å². The highest BCUT2D eigenvalue weighted by Gasteiger charge is 2.32. The maximum Gasteiger partial charge on any atom is 0.321 e. The van der Waals surface area contributed by atoms with Crippen LogP contribution in [0.25, 0.3) is 0 Å². The Kier molecular flexibility index (Phi) is 3.89. The average Bonchev–Trinajstić information content (AvgIpc) is 2.97. The minimum absolute atomic E-state index is 0.168. The van der Waals surface area contributed by atoms with Gasteiger partial charge >= 0.3 is 5.97 Å². The zero-order valence-corrected chi connectivity index (χ0v) is 13.5. The highest BCUT2D eigenvalue weighted by Crippen LogP contribution is 2.26. The summed E-state index contributed by atoms with van der Waals surface area (Å²) in [6.07, 6.45) is 2.10. The van der Waals surface area contributed by atoms with E-state index in [0.29, 0.717) is 44.0 Å². The van der Waals surface area contributed by atoms with Gasteiger partial charge in [-0.15, -0.1) is 0 Å². The molecule has 0 aliphatic carbocycles. The predicted octanol–water partition coefficient (Wildman–Crippen LogP) is 0.543. The number of carboxylic acid groups (broad SMARTS) is 1. The fourth-order valence-electron chi connectivity index (χ4n) is 3.34. The van der Waals surface area contributed by atoms with Crippen molar-refractivity contribution in [3.63, 3.8) is 0 Å². The molecule has 4 rings (SSSR count). The maximum atomic E-state index is 12.1. The number of nitrogens with zero attached hydrogens (tertiary/aromatic N) is 2. The molecule has 130 valence electrons. The summed E-state index contributed by atoms with van der Waals surface area (Å²) in [5.74, 6) is -0.468. The minimum Gasteiger partial charge on any atom is -0.491 e. The standard InChI is InChI=1S/C17H18N4O4/c22-16-12-5-10(1-2-15(12)25-4-3-18-16)8-21-9-13-11(7-19-20-13)6-14(21)17(23)24/h1-2,5,7,14H,3-4,6,8-9H2,(H,18,22)(H,19,20)(H,23,24). The quantitative estimate of drug-likeness (QED) is 0.752. The molecule has 1 unspecified atom stereocenters. The number of rotatable bonds is 3. The summed E-state index contributed by atoms with van der Waals surface area (Å²) in [6, 6.07) is 4.81. The number of carbonyl (C=O) groups is 2. The summed E-state index contributed by atoms with van der Waals surface area (Å²) in [6.45, 7) is 1.81. The summed E-state index contributed by atoms with van der Waals surface area (Å²) >= 11 is 0. The second-order valence-electron chi connectivity index (χ2n) is 6.27. The van der Waals surface area contributed by atoms with Crippen molar-refractivity contribution in [1.82, 2.24) is 20.4 Å². The first-order chi connectivity index (χ1) is 12.1. The monoisotopic (exact) mass is 342 g/mol. The van der Waals surface area contributed by atoms with Gasteiger partial charge in [0.1, 0.15) is 18.4 Å². The lowest BCUT2D eigenvalue weighted by Gasteiger charge is -2.32. The molecule has 8 heteroatoms. The lowest BCUT2D eigenvalue weighted by atomic mass is 9.98. The van der Waals surface area contributed by atoms with Gasteiger partial charge in [0, 0.05) is 19.5 Å². The SMILES string of the molecule is O=C1NCCOc2ccc(CN3Cc4[nH]ncc4CC3C(=O)O)cc21. The second kappa shape index (κ2) is 6.21. The first kappa shape index (κ1) is 15.6. The molecule has 1 aromatic heterocycles. The van der Waals surface area contributed by atoms with E-state index in [0.717, 1.165) is 16.8 Å². The number of aromatic nitrogens is 2. The van der Waals surface area contributed by atoms with E-state index in [4.69, 9.17) is 4.74 Å². The highest BCUT2D eigenvalue weighted by molar-refractivity contribution is 5.97. The molecule has 2 aromatic rings. The second-order valence-corrected chi connectivity index (χ2v) is 6.27. The third-order valence-electron chi connectivity index (χ3n) is 4.63. The molecule has 0 fully saturated rings. The smallest absolute Gasteiger partial charge is 0.321 e. The molecule has 25 heavy (non-hydrogen) atoms. The molecule has 0 spiro atoms. The number of carboxylic acids is 1. The first-order valence-electron chi connectivity index (χ1n) is 8.13. The topological polar surface area (TPSA) is 108 Å². The normalized spacial score (nSPS) is 20.0. The van der Waals surface area contributed by atoms with Gasteiger partial charge in [-0.1, -0.05) is 6.07 Å². The molecule has 0 saturated heterocycles. The number of benzene rings is 1. The molecule has 1 aromatic carbocycles. The van der Waals surface area contributed by atoms with Gasteiger partial charge < -0.3 is 15.2 Å². The van der Waals surface area contributed by atoms with Crippen molar-refractivity contribution in [3.05, 3.63) is 46.8 Å². The number of amides is 1. The van der Waals surface area contributed by atoms with E-state index in [-0.39, 0.29) is 5.91 Å². The largest absolute Gasteiger partial charge is 0.491 e. The Morgan fingerprint density at radius 1 is 1.44 bits per heavy atom. The van der Waals surface area contributed by atoms with E-state index in [1.54, 1.807) is 18.3 Å². The van der Waals surface area contributed by atoms with Crippen LogP contribution in [0.1, 0.15) is 27.2 Å². The number of carbonyl (C=O) groups excluding carboxylic acids is 1. The number of aromatic amines is 1. The van der Waals surface area contributed by atoms with Crippen LogP contribution >= 0.6 is 0 Å². The van der Waals surface area contributed by atoms with Crippen LogP contribution in [0.2, 0.25) is 0 Å². The average molecular weight is 342 g/mol. The summed E-state index contributed by atoms with van der Waals surface area (Å²) in [7, 11) is 0. The van der Waals surface area contributed by atoms with Gasteiger partial charge in [0.05, 0.1) is 24.0 Å². The van der Waals surface area contributed by atoms with Crippen molar-refractivity contribution < 1.29 is 19.4 Å². The van der Waals surface area contributed by atoms with Crippen LogP contribution in [0.4, 0.5) is 0 Å². The van der Waals surface area contributed by atoms with Gasteiger partial charge in [-0.25, -0.2) is 0 Å². The Bertz CT molecular complexity index is 832. The highest BCUT2D eigenvalue weighted by atomic mass is 16.5. The molecule has 0 bridgehead atoms. The Labute approximate surface area is 143 Å². The molecule has 1 atom stereocenters. The van der Waals surface area contributed by atoms with Crippen molar-refractivity contribution in [2.24, 2.45) is 0 Å². The van der Waals surface area contributed by atoms with Crippen LogP contribution in [0, 0.1) is 0 Å². The molecule has 3 N–H and O–H groups in total. The maximum absolute atomic E-state index is 12.1. The fraction of sp³-hybridized carbons (Fsp3) is 0.353. The molecule has 1 amide bonds. The Hall–Kier alpha value is -2.87. The van der Waals surface area contributed by atoms with Crippen molar-refractivity contribution in [3.8, 4) is 5.75 Å². The van der Waals surface area contributed by atoms with E-state index >= 15 is 0 Å². The summed E-state index contributed by atoms with van der Waals surface area (Å²) in [4.78, 5) is 25.7. The minimum atomic E-state index is -0.859. The number of nitrogens with one attached hydrogen (secondary N) is 2. The third-order valence-corrected chi connectivity index (χ3v) is 4.63. The molecule has 2 aliphatic heterocycles. The fourth-order valence-corrected chi connectivity index (χ4v) is 3.34. The number of H-pyrrole nitrogens is 1. The van der Waals surface area contributed by atoms with Gasteiger partial charge in [-0.3, -0.25) is 19.6 Å². The Balaban J connectivity index is 1.61. The molecule has 0 saturated carbocycles. The number of fused-ring (bicyclic) bond motifs is 2. The first-order valence-corrected chi connectivity index (χ1v) is 8.13. The molecule has 3 heterocycles. The molecule has 8 nitrogen and oxygen atoms in total. The van der Waals surface area contributed by atoms with E-state index < -0.39 is 12.0 Å². The van der Waals surface area contributed by atoms with Crippen LogP contribution < -0.4 is 10.1 Å². The van der Waals surface area contributed by atoms with Crippen LogP contribution in [0.3, 0.4) is 0 Å². The van der Waals surface area contributed by atoms with E-state index in [1.165, 1.54) is 0 Å². The van der Waals surface area contributed by atoms with Crippen molar-refractivity contribution in [1.29, 1.82) is 0 Å². The Morgan fingerprint density at radius 3 is 3.16 bits per heavy atom. The summed E-state index contributed by atoms with van der Waals surface area (Å²) in [5.41, 5.74) is 3.24. The van der Waals surface area contributed by atoms with Gasteiger partial charge in [0.15, 0.2) is 0 Å². The van der Waals surface area contributed by atoms with Gasteiger partial charge in [0.2, 0.25) is 0 Å². The number of ether oxygens (including phenoxy) is 1. The lowest BCUT2D eigenvalue weighted by Crippen LogP contribution is -2.44. The lowest BCUT2D eigenvalue weighted by molar-refractivity contribution is -0.144. The number of hydrogen-bond donors (Lipinski definition) is 3. The molecular weight excluding hydrogens is 324 g/mol. The van der Waals surface area contributed by atoms with Gasteiger partial charge in [-0.2, -0.15) is 5.10 Å². The van der Waals surface area contributed by atoms with E-state index in [2.05, 4.69) is 15.5 Å². The zero-order valence-electron chi connectivity index (χ0n) is 13.5. The van der Waals surface area contributed by atoms with E-state index in [9.17, 15) is 14.7 Å². The van der Waals surface area contributed by atoms with Gasteiger partial charge in [0.25, 0.3) is 5.91 Å². The third kappa shape index (κ3) is 2.96. The van der Waals surface area contributed by atoms with E-state index in [1.807, 2.05) is 11.0 Å². The number of hydrogen-bond acceptors (Lipinski definition) is 5. The molecule has 0 radical (unpaired) electrons. The number of aliphatic carboxylic acids is 1. The van der Waals surface area contributed by atoms with Crippen LogP contribution in [0.5, 0.6) is 5.75 Å². The van der Waals surface area contributed by atoms with Crippen LogP contribution in [0.15, 0.2) is 24.4 Å². The van der Waals surface area contributed by atoms with Crippen LogP contribution in [-0.4, -0.2) is 51.3 Å². The Morgan fingerprint density at radius 2 is 2.32 bits per heavy atom. The predicted molar refractivity (Wildman–Crippen MR) is 87.2 cm³/mol. The van der Waals surface area contributed by atoms with Crippen molar-refractivity contribution in [2.45, 2.75) is 25.6 Å². The molecule has 2 aliphatic rings. The van der Waals surface area contributed by atoms with Crippen LogP contribution in [-0.2, 0) is 24.3 Å². The summed E-state index contributed by atoms with van der Waals surface area (Å²) < 4.78 is 5.55.